The summed E-state index contributed by atoms with van der Waals surface area (Å²) in [5, 5.41) is 10.1. The van der Waals surface area contributed by atoms with Gasteiger partial charge in [0.05, 0.1) is 5.41 Å². The first kappa shape index (κ1) is 41.7. The third-order valence-electron chi connectivity index (χ3n) is 15.3. The second-order valence-electron chi connectivity index (χ2n) is 19.1. The maximum Gasteiger partial charge on any atom is 0.0713 e. The lowest BCUT2D eigenvalue weighted by Gasteiger charge is -2.33. The summed E-state index contributed by atoms with van der Waals surface area (Å²) >= 11 is 0. The second-order valence-corrected chi connectivity index (χ2v) is 19.1. The molecule has 0 aromatic heterocycles. The third kappa shape index (κ3) is 6.63. The Labute approximate surface area is 420 Å². The van der Waals surface area contributed by atoms with Crippen molar-refractivity contribution < 1.29 is 0 Å². The van der Waals surface area contributed by atoms with Crippen molar-refractivity contribution in [3.05, 3.63) is 307 Å². The smallest absolute Gasteiger partial charge is 0.0713 e. The molecule has 0 atom stereocenters. The van der Waals surface area contributed by atoms with E-state index < -0.39 is 5.41 Å². The number of fused-ring (bicyclic) bond motifs is 9. The molecule has 0 amide bonds. The molecule has 0 aliphatic heterocycles. The van der Waals surface area contributed by atoms with E-state index in [0.717, 1.165) is 17.1 Å². The van der Waals surface area contributed by atoms with Gasteiger partial charge in [0.1, 0.15) is 0 Å². The summed E-state index contributed by atoms with van der Waals surface area (Å²) in [6.45, 7) is 0. The highest BCUT2D eigenvalue weighted by Gasteiger charge is 2.46. The molecule has 0 heterocycles. The van der Waals surface area contributed by atoms with Crippen LogP contribution in [0.5, 0.6) is 0 Å². The number of hydrogen-bond donors (Lipinski definition) is 0. The molecule has 0 spiro atoms. The normalized spacial score (nSPS) is 12.6. The lowest BCUT2D eigenvalue weighted by molar-refractivity contribution is 0.768. The summed E-state index contributed by atoms with van der Waals surface area (Å²) < 4.78 is 0. The van der Waals surface area contributed by atoms with Crippen molar-refractivity contribution in [2.45, 2.75) is 5.41 Å². The van der Waals surface area contributed by atoms with Gasteiger partial charge >= 0.3 is 0 Å². The van der Waals surface area contributed by atoms with Crippen LogP contribution in [0.3, 0.4) is 0 Å². The number of anilines is 3. The zero-order chi connectivity index (χ0) is 47.6. The average Bonchev–Trinajstić information content (AvgIpc) is 3.76. The predicted molar refractivity (Wildman–Crippen MR) is 305 cm³/mol. The Morgan fingerprint density at radius 2 is 0.597 bits per heavy atom. The molecule has 1 nitrogen and oxygen atoms in total. The van der Waals surface area contributed by atoms with E-state index in [2.05, 4.69) is 290 Å². The molecule has 1 aliphatic rings. The number of rotatable bonds is 8. The highest BCUT2D eigenvalue weighted by Crippen LogP contribution is 2.56. The summed E-state index contributed by atoms with van der Waals surface area (Å²) in [5.74, 6) is 0. The molecule has 336 valence electrons. The Balaban J connectivity index is 0.876. The van der Waals surface area contributed by atoms with Crippen LogP contribution in [0.2, 0.25) is 0 Å². The second kappa shape index (κ2) is 17.0. The lowest BCUT2D eigenvalue weighted by atomic mass is 9.67. The molecule has 0 saturated heterocycles. The SMILES string of the molecule is c1ccc(C2(c3ccccc3)c3ccccc3-c3cc(-c4ccc(N(c5ccc(-c6cc7ccccc7c7ccccc67)cc5)c5ccc(-c6cc7ccccc7c7ccccc67)cc5)cc4)ccc32)cc1. The van der Waals surface area contributed by atoms with Gasteiger partial charge in [-0.15, -0.1) is 0 Å². The topological polar surface area (TPSA) is 3.24 Å². The van der Waals surface area contributed by atoms with E-state index in [1.807, 2.05) is 0 Å². The maximum absolute atomic E-state index is 2.42. The fourth-order valence-electron chi connectivity index (χ4n) is 12.0. The first-order valence-corrected chi connectivity index (χ1v) is 25.0. The summed E-state index contributed by atoms with van der Waals surface area (Å²) in [5.41, 5.74) is 17.8. The van der Waals surface area contributed by atoms with Crippen molar-refractivity contribution in [2.24, 2.45) is 0 Å². The van der Waals surface area contributed by atoms with Crippen molar-refractivity contribution in [1.29, 1.82) is 0 Å². The molecule has 0 radical (unpaired) electrons. The first-order valence-electron chi connectivity index (χ1n) is 25.0. The standard InChI is InChI=1S/C71H47N/c1-3-19-54(20-4-1)71(55-21-5-2-6-22-55)69-30-16-15-29-65(69)68-45-51(37-44-70(68)71)48-31-38-56(39-32-48)72(57-40-33-49(34-41-57)66-46-52-17-7-9-23-59(52)61-25-11-13-27-63(61)66)58-42-35-50(36-43-58)67-47-53-18-8-10-24-60(53)62-26-12-14-28-64(62)67/h1-47H. The van der Waals surface area contributed by atoms with Crippen molar-refractivity contribution in [2.75, 3.05) is 4.90 Å². The van der Waals surface area contributed by atoms with Crippen LogP contribution in [0, 0.1) is 0 Å². The van der Waals surface area contributed by atoms with Crippen LogP contribution in [0.1, 0.15) is 22.3 Å². The van der Waals surface area contributed by atoms with Crippen molar-refractivity contribution in [3.8, 4) is 44.5 Å². The number of nitrogens with zero attached hydrogens (tertiary/aromatic N) is 1. The molecule has 14 rings (SSSR count). The molecule has 13 aromatic rings. The van der Waals surface area contributed by atoms with Crippen LogP contribution in [-0.4, -0.2) is 0 Å². The summed E-state index contributed by atoms with van der Waals surface area (Å²) in [4.78, 5) is 2.39. The molecule has 0 fully saturated rings. The fourth-order valence-corrected chi connectivity index (χ4v) is 12.0. The molecular weight excluding hydrogens is 867 g/mol. The highest BCUT2D eigenvalue weighted by molar-refractivity contribution is 6.15. The van der Waals surface area contributed by atoms with Gasteiger partial charge in [0.15, 0.2) is 0 Å². The van der Waals surface area contributed by atoms with E-state index in [0.29, 0.717) is 0 Å². The van der Waals surface area contributed by atoms with Gasteiger partial charge < -0.3 is 4.90 Å². The van der Waals surface area contributed by atoms with E-state index in [9.17, 15) is 0 Å². The Hall–Kier alpha value is -9.30. The van der Waals surface area contributed by atoms with Crippen LogP contribution in [0.4, 0.5) is 17.1 Å². The maximum atomic E-state index is 2.42. The first-order chi connectivity index (χ1) is 35.7. The van der Waals surface area contributed by atoms with Crippen LogP contribution >= 0.6 is 0 Å². The summed E-state index contributed by atoms with van der Waals surface area (Å²) in [7, 11) is 0. The van der Waals surface area contributed by atoms with Gasteiger partial charge in [-0.3, -0.25) is 0 Å². The minimum atomic E-state index is -0.425. The summed E-state index contributed by atoms with van der Waals surface area (Å²) in [6, 6.07) is 105. The molecule has 0 unspecified atom stereocenters. The fraction of sp³-hybridized carbons (Fsp3) is 0.0141. The van der Waals surface area contributed by atoms with Crippen LogP contribution < -0.4 is 4.90 Å². The van der Waals surface area contributed by atoms with Gasteiger partial charge in [0, 0.05) is 17.1 Å². The van der Waals surface area contributed by atoms with E-state index >= 15 is 0 Å². The van der Waals surface area contributed by atoms with Crippen LogP contribution in [0.15, 0.2) is 285 Å². The quantitative estimate of drug-likeness (QED) is 0.137. The van der Waals surface area contributed by atoms with E-state index in [4.69, 9.17) is 0 Å². The van der Waals surface area contributed by atoms with Crippen molar-refractivity contribution in [3.63, 3.8) is 0 Å². The Morgan fingerprint density at radius 3 is 1.10 bits per heavy atom. The van der Waals surface area contributed by atoms with E-state index in [1.165, 1.54) is 110 Å². The predicted octanol–water partition coefficient (Wildman–Crippen LogP) is 19.1. The molecular formula is C71H47N. The van der Waals surface area contributed by atoms with E-state index in [1.54, 1.807) is 0 Å². The van der Waals surface area contributed by atoms with Crippen molar-refractivity contribution in [1.82, 2.24) is 0 Å². The van der Waals surface area contributed by atoms with Gasteiger partial charge in [-0.1, -0.05) is 231 Å². The molecule has 0 saturated carbocycles. The Bertz CT molecular complexity index is 3970. The molecule has 1 aliphatic carbocycles. The van der Waals surface area contributed by atoms with Gasteiger partial charge in [0.25, 0.3) is 0 Å². The molecule has 72 heavy (non-hydrogen) atoms. The van der Waals surface area contributed by atoms with E-state index in [-0.39, 0.29) is 0 Å². The van der Waals surface area contributed by atoms with Crippen molar-refractivity contribution >= 4 is 60.2 Å². The lowest BCUT2D eigenvalue weighted by Crippen LogP contribution is -2.28. The number of benzene rings is 13. The Kier molecular flexibility index (Phi) is 9.82. The minimum absolute atomic E-state index is 0.425. The average molecular weight is 914 g/mol. The zero-order valence-electron chi connectivity index (χ0n) is 39.6. The monoisotopic (exact) mass is 913 g/mol. The van der Waals surface area contributed by atoms with Crippen LogP contribution in [-0.2, 0) is 5.41 Å². The minimum Gasteiger partial charge on any atom is -0.311 e. The van der Waals surface area contributed by atoms with Gasteiger partial charge in [0.2, 0.25) is 0 Å². The van der Waals surface area contributed by atoms with Gasteiger partial charge in [-0.05, 0) is 164 Å². The van der Waals surface area contributed by atoms with Crippen LogP contribution in [0.25, 0.3) is 87.6 Å². The molecule has 0 bridgehead atoms. The Morgan fingerprint density at radius 1 is 0.222 bits per heavy atom. The third-order valence-corrected chi connectivity index (χ3v) is 15.3. The number of hydrogen-bond acceptors (Lipinski definition) is 1. The highest BCUT2D eigenvalue weighted by atomic mass is 15.1. The summed E-state index contributed by atoms with van der Waals surface area (Å²) in [6.07, 6.45) is 0. The van der Waals surface area contributed by atoms with Gasteiger partial charge in [-0.2, -0.15) is 0 Å². The molecule has 1 heteroatoms. The molecule has 0 N–H and O–H groups in total. The van der Waals surface area contributed by atoms with Gasteiger partial charge in [-0.25, -0.2) is 0 Å². The largest absolute Gasteiger partial charge is 0.311 e. The zero-order valence-corrected chi connectivity index (χ0v) is 39.6. The molecule has 13 aromatic carbocycles.